The van der Waals surface area contributed by atoms with Crippen molar-refractivity contribution in [2.75, 3.05) is 26.2 Å². The molecule has 2 saturated heterocycles. The first-order valence-corrected chi connectivity index (χ1v) is 14.1. The van der Waals surface area contributed by atoms with Crippen LogP contribution in [0.1, 0.15) is 79.8 Å². The maximum absolute atomic E-state index is 13.0. The molecule has 1 amide bonds. The number of carbonyl (C=O) groups is 1. The van der Waals surface area contributed by atoms with Crippen molar-refractivity contribution in [1.29, 1.82) is 0 Å². The zero-order valence-electron chi connectivity index (χ0n) is 21.1. The van der Waals surface area contributed by atoms with Crippen molar-refractivity contribution in [2.24, 2.45) is 11.8 Å². The molecule has 1 N–H and O–H groups in total. The first-order chi connectivity index (χ1) is 16.6. The van der Waals surface area contributed by atoms with Crippen molar-refractivity contribution in [2.45, 2.75) is 71.6 Å². The molecule has 0 spiro atoms. The summed E-state index contributed by atoms with van der Waals surface area (Å²) in [5, 5.41) is 3.40. The lowest BCUT2D eigenvalue weighted by Gasteiger charge is -2.37. The molecule has 1 atom stereocenters. The fourth-order valence-electron chi connectivity index (χ4n) is 6.06. The van der Waals surface area contributed by atoms with Crippen molar-refractivity contribution in [1.82, 2.24) is 15.2 Å². The molecule has 5 heteroatoms. The van der Waals surface area contributed by atoms with Gasteiger partial charge in [-0.15, -0.1) is 0 Å². The molecule has 0 saturated carbocycles. The highest BCUT2D eigenvalue weighted by Crippen LogP contribution is 2.43. The van der Waals surface area contributed by atoms with E-state index in [1.165, 1.54) is 27.9 Å². The summed E-state index contributed by atoms with van der Waals surface area (Å²) in [6.45, 7) is 10.1. The van der Waals surface area contributed by atoms with Crippen LogP contribution in [0.4, 0.5) is 0 Å². The number of fused-ring (bicyclic) bond motifs is 2. The van der Waals surface area contributed by atoms with E-state index >= 15 is 0 Å². The molecular weight excluding hydrogens is 486 g/mol. The molecule has 34 heavy (non-hydrogen) atoms. The molecule has 2 fully saturated rings. The predicted octanol–water partition coefficient (Wildman–Crippen LogP) is 6.04. The van der Waals surface area contributed by atoms with E-state index in [1.807, 2.05) is 20.0 Å². The second kappa shape index (κ2) is 11.8. The molecule has 1 aromatic heterocycles. The Balaban J connectivity index is 0.00000133. The Hall–Kier alpha value is -1.72. The summed E-state index contributed by atoms with van der Waals surface area (Å²) in [6, 6.07) is 9.25. The molecule has 2 aliphatic heterocycles. The van der Waals surface area contributed by atoms with Crippen molar-refractivity contribution in [3.05, 3.63) is 62.9 Å². The van der Waals surface area contributed by atoms with E-state index in [4.69, 9.17) is 4.98 Å². The number of rotatable bonds is 3. The van der Waals surface area contributed by atoms with Crippen LogP contribution in [0.3, 0.4) is 0 Å². The van der Waals surface area contributed by atoms with Crippen molar-refractivity contribution in [3.8, 4) is 0 Å². The monoisotopic (exact) mass is 525 g/mol. The Morgan fingerprint density at radius 2 is 1.76 bits per heavy atom. The number of hydrogen-bond donors (Lipinski definition) is 1. The second-order valence-corrected chi connectivity index (χ2v) is 10.9. The fourth-order valence-corrected chi connectivity index (χ4v) is 6.44. The van der Waals surface area contributed by atoms with Gasteiger partial charge in [-0.2, -0.15) is 0 Å². The summed E-state index contributed by atoms with van der Waals surface area (Å²) in [5.41, 5.74) is 6.91. The lowest BCUT2D eigenvalue weighted by Crippen LogP contribution is -2.41. The minimum Gasteiger partial charge on any atom is -0.343 e. The number of benzene rings is 1. The third kappa shape index (κ3) is 5.73. The van der Waals surface area contributed by atoms with Gasteiger partial charge in [-0.3, -0.25) is 9.78 Å². The van der Waals surface area contributed by atoms with E-state index in [-0.39, 0.29) is 0 Å². The maximum Gasteiger partial charge on any atom is 0.222 e. The number of halogens is 1. The summed E-state index contributed by atoms with van der Waals surface area (Å²) in [6.07, 6.45) is 9.21. The summed E-state index contributed by atoms with van der Waals surface area (Å²) in [4.78, 5) is 20.1. The van der Waals surface area contributed by atoms with Crippen LogP contribution >= 0.6 is 15.9 Å². The number of pyridine rings is 1. The van der Waals surface area contributed by atoms with Gasteiger partial charge in [-0.25, -0.2) is 0 Å². The molecule has 3 aliphatic rings. The number of carbonyl (C=O) groups excluding carboxylic acids is 1. The number of piperidine rings is 2. The van der Waals surface area contributed by atoms with Gasteiger partial charge in [0.1, 0.15) is 0 Å². The summed E-state index contributed by atoms with van der Waals surface area (Å²) < 4.78 is 1.07. The lowest BCUT2D eigenvalue weighted by atomic mass is 9.76. The first kappa shape index (κ1) is 25.4. The quantitative estimate of drug-likeness (QED) is 0.531. The van der Waals surface area contributed by atoms with Gasteiger partial charge >= 0.3 is 0 Å². The lowest BCUT2D eigenvalue weighted by molar-refractivity contribution is -0.133. The normalized spacial score (nSPS) is 21.1. The fraction of sp³-hybridized carbons (Fsp3) is 0.586. The van der Waals surface area contributed by atoms with E-state index in [0.29, 0.717) is 23.7 Å². The molecule has 3 heterocycles. The number of nitrogens with one attached hydrogen (secondary N) is 1. The van der Waals surface area contributed by atoms with Gasteiger partial charge in [0.25, 0.3) is 0 Å². The van der Waals surface area contributed by atoms with Crippen LogP contribution in [0.2, 0.25) is 0 Å². The largest absolute Gasteiger partial charge is 0.343 e. The minimum absolute atomic E-state index is 0.331. The average Bonchev–Trinajstić information content (AvgIpc) is 3.02. The molecule has 1 unspecified atom stereocenters. The average molecular weight is 527 g/mol. The third-order valence-corrected chi connectivity index (χ3v) is 8.28. The molecule has 184 valence electrons. The van der Waals surface area contributed by atoms with Crippen LogP contribution in [-0.4, -0.2) is 42.0 Å². The SMILES string of the molecule is CC.Cc1ccc2c(c1)CCc1cc(Br)cnc1C2C1CCN(C(=O)CC2CCNCC2)CC1. The van der Waals surface area contributed by atoms with Gasteiger partial charge in [-0.1, -0.05) is 37.6 Å². The predicted molar refractivity (Wildman–Crippen MR) is 143 cm³/mol. The topological polar surface area (TPSA) is 45.2 Å². The zero-order chi connectivity index (χ0) is 24.1. The summed E-state index contributed by atoms with van der Waals surface area (Å²) >= 11 is 3.63. The van der Waals surface area contributed by atoms with Gasteiger partial charge in [0.2, 0.25) is 5.91 Å². The highest BCUT2D eigenvalue weighted by atomic mass is 79.9. The van der Waals surface area contributed by atoms with Gasteiger partial charge < -0.3 is 10.2 Å². The van der Waals surface area contributed by atoms with Gasteiger partial charge in [0.05, 0.1) is 5.69 Å². The standard InChI is InChI=1S/C27H34BrN3O.C2H6/c1-18-2-5-24-21(14-18)3-4-22-16-23(28)17-30-27(22)26(24)20-8-12-31(13-9-20)25(32)15-19-6-10-29-11-7-19;1-2/h2,5,14,16-17,19-20,26,29H,3-4,6-13,15H2,1H3;1-2H3. The van der Waals surface area contributed by atoms with Crippen LogP contribution in [0.15, 0.2) is 34.9 Å². The smallest absolute Gasteiger partial charge is 0.222 e. The number of aromatic nitrogens is 1. The first-order valence-electron chi connectivity index (χ1n) is 13.3. The van der Waals surface area contributed by atoms with E-state index in [0.717, 1.165) is 75.6 Å². The Bertz CT molecular complexity index is 924. The van der Waals surface area contributed by atoms with E-state index < -0.39 is 0 Å². The summed E-state index contributed by atoms with van der Waals surface area (Å²) in [5.74, 6) is 1.80. The Labute approximate surface area is 214 Å². The van der Waals surface area contributed by atoms with E-state index in [1.54, 1.807) is 0 Å². The third-order valence-electron chi connectivity index (χ3n) is 7.85. The van der Waals surface area contributed by atoms with Gasteiger partial charge in [0, 0.05) is 36.1 Å². The zero-order valence-corrected chi connectivity index (χ0v) is 22.7. The number of nitrogens with zero attached hydrogens (tertiary/aromatic N) is 2. The van der Waals surface area contributed by atoms with Crippen LogP contribution in [0, 0.1) is 18.8 Å². The van der Waals surface area contributed by atoms with Crippen molar-refractivity contribution >= 4 is 21.8 Å². The van der Waals surface area contributed by atoms with Crippen LogP contribution in [-0.2, 0) is 17.6 Å². The minimum atomic E-state index is 0.331. The molecule has 0 radical (unpaired) electrons. The van der Waals surface area contributed by atoms with Crippen LogP contribution < -0.4 is 5.32 Å². The summed E-state index contributed by atoms with van der Waals surface area (Å²) in [7, 11) is 0. The molecule has 2 aromatic rings. The molecule has 5 rings (SSSR count). The van der Waals surface area contributed by atoms with Gasteiger partial charge in [-0.05, 0) is 109 Å². The molecular formula is C29H40BrN3O. The number of likely N-dealkylation sites (tertiary alicyclic amines) is 1. The van der Waals surface area contributed by atoms with Crippen LogP contribution in [0.25, 0.3) is 0 Å². The number of amides is 1. The highest BCUT2D eigenvalue weighted by molar-refractivity contribution is 9.10. The van der Waals surface area contributed by atoms with E-state index in [2.05, 4.69) is 57.3 Å². The maximum atomic E-state index is 13.0. The van der Waals surface area contributed by atoms with Crippen molar-refractivity contribution < 1.29 is 4.79 Å². The second-order valence-electron chi connectivity index (χ2n) is 9.99. The number of hydrogen-bond acceptors (Lipinski definition) is 3. The molecule has 1 aromatic carbocycles. The Kier molecular flexibility index (Phi) is 8.81. The van der Waals surface area contributed by atoms with Crippen LogP contribution in [0.5, 0.6) is 0 Å². The Morgan fingerprint density at radius 3 is 2.50 bits per heavy atom. The van der Waals surface area contributed by atoms with Crippen molar-refractivity contribution in [3.63, 3.8) is 0 Å². The Morgan fingerprint density at radius 1 is 1.06 bits per heavy atom. The van der Waals surface area contributed by atoms with E-state index in [9.17, 15) is 4.79 Å². The van der Waals surface area contributed by atoms with Gasteiger partial charge in [0.15, 0.2) is 0 Å². The number of aryl methyl sites for hydroxylation is 3. The highest BCUT2D eigenvalue weighted by Gasteiger charge is 2.35. The molecule has 1 aliphatic carbocycles. The molecule has 4 nitrogen and oxygen atoms in total. The molecule has 0 bridgehead atoms.